The Balaban J connectivity index is 4.26. The summed E-state index contributed by atoms with van der Waals surface area (Å²) in [6.45, 7) is 13.9. The lowest BCUT2D eigenvalue weighted by Crippen LogP contribution is -2.30. The summed E-state index contributed by atoms with van der Waals surface area (Å²) in [6, 6.07) is 0. The average Bonchev–Trinajstić information content (AvgIpc) is 3.38. The largest absolute Gasteiger partial charge is 0.462 e. The van der Waals surface area contributed by atoms with Crippen LogP contribution in [0.15, 0.2) is 0 Å². The van der Waals surface area contributed by atoms with E-state index in [0.29, 0.717) is 19.3 Å². The molecule has 440 valence electrons. The van der Waals surface area contributed by atoms with E-state index in [2.05, 4.69) is 41.5 Å². The Morgan fingerprint density at radius 2 is 0.473 bits per heavy atom. The maximum absolute atomic E-state index is 12.9. The minimum atomic E-state index is -0.765. The lowest BCUT2D eigenvalue weighted by Gasteiger charge is -2.18. The molecular formula is C68H132O6. The van der Waals surface area contributed by atoms with Crippen LogP contribution in [0.2, 0.25) is 0 Å². The van der Waals surface area contributed by atoms with Gasteiger partial charge in [0.05, 0.1) is 0 Å². The number of hydrogen-bond acceptors (Lipinski definition) is 6. The summed E-state index contributed by atoms with van der Waals surface area (Å²) < 4.78 is 17.0. The lowest BCUT2D eigenvalue weighted by molar-refractivity contribution is -0.167. The van der Waals surface area contributed by atoms with Gasteiger partial charge < -0.3 is 14.2 Å². The third-order valence-electron chi connectivity index (χ3n) is 16.0. The first kappa shape index (κ1) is 72.4. The Hall–Kier alpha value is -1.59. The number of hydrogen-bond donors (Lipinski definition) is 0. The maximum atomic E-state index is 12.9. The molecule has 0 spiro atoms. The molecular weight excluding hydrogens is 913 g/mol. The van der Waals surface area contributed by atoms with Gasteiger partial charge in [0, 0.05) is 19.3 Å². The Morgan fingerprint density at radius 1 is 0.270 bits per heavy atom. The third-order valence-corrected chi connectivity index (χ3v) is 16.0. The smallest absolute Gasteiger partial charge is 0.306 e. The Kier molecular flexibility index (Phi) is 57.8. The number of ether oxygens (including phenoxy) is 3. The van der Waals surface area contributed by atoms with E-state index in [1.165, 1.54) is 263 Å². The highest BCUT2D eigenvalue weighted by Crippen LogP contribution is 2.20. The van der Waals surface area contributed by atoms with Gasteiger partial charge in [-0.25, -0.2) is 0 Å². The van der Waals surface area contributed by atoms with Crippen molar-refractivity contribution in [3.05, 3.63) is 0 Å². The molecule has 0 aromatic carbocycles. The van der Waals surface area contributed by atoms with Gasteiger partial charge in [0.15, 0.2) is 6.10 Å². The standard InChI is InChI=1S/C68H132O6/c1-7-64(6)56-50-44-38-32-26-20-14-10-8-9-11-15-21-27-33-39-45-51-57-66(69)72-60-65(74-68(71)59-53-47-41-35-29-23-17-19-25-31-37-43-49-55-63(4)5)61-73-67(70)58-52-46-40-34-28-22-16-12-13-18-24-30-36-42-48-54-62(2)3/h62-65H,7-61H2,1-6H3/t64?,65-/m1/s1. The molecule has 0 fully saturated rings. The molecule has 0 amide bonds. The highest BCUT2D eigenvalue weighted by molar-refractivity contribution is 5.71. The summed E-state index contributed by atoms with van der Waals surface area (Å²) in [4.78, 5) is 38.4. The molecule has 0 aromatic heterocycles. The molecule has 6 nitrogen and oxygen atoms in total. The molecule has 0 heterocycles. The molecule has 1 unspecified atom stereocenters. The second-order valence-electron chi connectivity index (χ2n) is 24.7. The zero-order chi connectivity index (χ0) is 54.1. The van der Waals surface area contributed by atoms with Crippen molar-refractivity contribution in [1.29, 1.82) is 0 Å². The molecule has 0 aromatic rings. The summed E-state index contributed by atoms with van der Waals surface area (Å²) in [6.07, 6.45) is 65.3. The van der Waals surface area contributed by atoms with Crippen LogP contribution in [0.4, 0.5) is 0 Å². The summed E-state index contributed by atoms with van der Waals surface area (Å²) >= 11 is 0. The van der Waals surface area contributed by atoms with E-state index in [1.54, 1.807) is 0 Å². The lowest BCUT2D eigenvalue weighted by atomic mass is 9.99. The summed E-state index contributed by atoms with van der Waals surface area (Å²) in [5.74, 6) is 1.77. The number of esters is 3. The molecule has 0 bridgehead atoms. The zero-order valence-corrected chi connectivity index (χ0v) is 51.1. The van der Waals surface area contributed by atoms with Gasteiger partial charge in [0.1, 0.15) is 13.2 Å². The predicted octanol–water partition coefficient (Wildman–Crippen LogP) is 22.6. The highest BCUT2D eigenvalue weighted by Gasteiger charge is 2.20. The van der Waals surface area contributed by atoms with Gasteiger partial charge in [0.2, 0.25) is 0 Å². The zero-order valence-electron chi connectivity index (χ0n) is 51.1. The Labute approximate surface area is 463 Å². The number of rotatable bonds is 61. The normalized spacial score (nSPS) is 12.5. The van der Waals surface area contributed by atoms with Gasteiger partial charge in [-0.2, -0.15) is 0 Å². The molecule has 0 aliphatic rings. The van der Waals surface area contributed by atoms with Crippen LogP contribution in [-0.4, -0.2) is 37.2 Å². The first-order chi connectivity index (χ1) is 36.1. The van der Waals surface area contributed by atoms with Gasteiger partial charge in [-0.15, -0.1) is 0 Å². The fourth-order valence-electron chi connectivity index (χ4n) is 10.6. The number of carbonyl (C=O) groups is 3. The highest BCUT2D eigenvalue weighted by atomic mass is 16.6. The van der Waals surface area contributed by atoms with E-state index in [9.17, 15) is 14.4 Å². The van der Waals surface area contributed by atoms with Crippen LogP contribution in [0.3, 0.4) is 0 Å². The molecule has 6 heteroatoms. The van der Waals surface area contributed by atoms with Crippen molar-refractivity contribution in [2.45, 2.75) is 388 Å². The van der Waals surface area contributed by atoms with E-state index < -0.39 is 6.10 Å². The van der Waals surface area contributed by atoms with Crippen molar-refractivity contribution in [2.24, 2.45) is 17.8 Å². The second-order valence-corrected chi connectivity index (χ2v) is 24.7. The fourth-order valence-corrected chi connectivity index (χ4v) is 10.6. The second kappa shape index (κ2) is 59.1. The van der Waals surface area contributed by atoms with Crippen molar-refractivity contribution in [2.75, 3.05) is 13.2 Å². The predicted molar refractivity (Wildman–Crippen MR) is 321 cm³/mol. The fraction of sp³-hybridized carbons (Fsp3) is 0.956. The van der Waals surface area contributed by atoms with Gasteiger partial charge in [-0.1, -0.05) is 343 Å². The van der Waals surface area contributed by atoms with Gasteiger partial charge in [-0.05, 0) is 37.0 Å². The van der Waals surface area contributed by atoms with Crippen molar-refractivity contribution in [3.8, 4) is 0 Å². The van der Waals surface area contributed by atoms with E-state index in [4.69, 9.17) is 14.2 Å². The van der Waals surface area contributed by atoms with E-state index >= 15 is 0 Å². The number of carbonyl (C=O) groups excluding carboxylic acids is 3. The van der Waals surface area contributed by atoms with Crippen LogP contribution in [0.25, 0.3) is 0 Å². The van der Waals surface area contributed by atoms with Crippen LogP contribution in [-0.2, 0) is 28.6 Å². The van der Waals surface area contributed by atoms with Crippen LogP contribution in [0.5, 0.6) is 0 Å². The first-order valence-corrected chi connectivity index (χ1v) is 33.6. The third kappa shape index (κ3) is 59.7. The molecule has 0 rings (SSSR count). The molecule has 2 atom stereocenters. The molecule has 0 N–H and O–H groups in total. The molecule has 0 aliphatic carbocycles. The SMILES string of the molecule is CCC(C)CCCCCCCCCCCCCCCCCCCCC(=O)OC[C@H](COC(=O)CCCCCCCCCCCCCCCCCC(C)C)OC(=O)CCCCCCCCCCCCCCCC(C)C. The van der Waals surface area contributed by atoms with Gasteiger partial charge in [-0.3, -0.25) is 14.4 Å². The van der Waals surface area contributed by atoms with Crippen molar-refractivity contribution >= 4 is 17.9 Å². The van der Waals surface area contributed by atoms with Crippen molar-refractivity contribution < 1.29 is 28.6 Å². The molecule has 0 saturated carbocycles. The van der Waals surface area contributed by atoms with Gasteiger partial charge in [0.25, 0.3) is 0 Å². The molecule has 0 saturated heterocycles. The monoisotopic (exact) mass is 1050 g/mol. The number of unbranched alkanes of at least 4 members (excludes halogenated alkanes) is 43. The minimum absolute atomic E-state index is 0.0622. The molecule has 0 radical (unpaired) electrons. The van der Waals surface area contributed by atoms with E-state index in [1.807, 2.05) is 0 Å². The first-order valence-electron chi connectivity index (χ1n) is 33.6. The Morgan fingerprint density at radius 3 is 0.703 bits per heavy atom. The summed E-state index contributed by atoms with van der Waals surface area (Å²) in [5.41, 5.74) is 0. The van der Waals surface area contributed by atoms with Crippen LogP contribution >= 0.6 is 0 Å². The van der Waals surface area contributed by atoms with E-state index in [-0.39, 0.29) is 31.1 Å². The average molecular weight is 1050 g/mol. The topological polar surface area (TPSA) is 78.9 Å². The summed E-state index contributed by atoms with van der Waals surface area (Å²) in [5, 5.41) is 0. The van der Waals surface area contributed by atoms with Crippen molar-refractivity contribution in [3.63, 3.8) is 0 Å². The van der Waals surface area contributed by atoms with E-state index in [0.717, 1.165) is 75.5 Å². The van der Waals surface area contributed by atoms with Crippen molar-refractivity contribution in [1.82, 2.24) is 0 Å². The van der Waals surface area contributed by atoms with Crippen LogP contribution in [0, 0.1) is 17.8 Å². The molecule has 0 aliphatic heterocycles. The Bertz CT molecular complexity index is 1150. The summed E-state index contributed by atoms with van der Waals surface area (Å²) in [7, 11) is 0. The van der Waals surface area contributed by atoms with Crippen LogP contribution in [0.1, 0.15) is 382 Å². The quantitative estimate of drug-likeness (QED) is 0.0343. The maximum Gasteiger partial charge on any atom is 0.306 e. The van der Waals surface area contributed by atoms with Crippen LogP contribution < -0.4 is 0 Å². The molecule has 74 heavy (non-hydrogen) atoms. The van der Waals surface area contributed by atoms with Gasteiger partial charge >= 0.3 is 17.9 Å². The minimum Gasteiger partial charge on any atom is -0.462 e.